The molecule has 0 amide bonds. The van der Waals surface area contributed by atoms with Gasteiger partial charge >= 0.3 is 0 Å². The molecule has 2 N–H and O–H groups in total. The minimum Gasteiger partial charge on any atom is -0.372 e. The van der Waals surface area contributed by atoms with Gasteiger partial charge in [0.15, 0.2) is 0 Å². The van der Waals surface area contributed by atoms with Gasteiger partial charge in [-0.2, -0.15) is 0 Å². The van der Waals surface area contributed by atoms with E-state index in [1.54, 1.807) is 0 Å². The van der Waals surface area contributed by atoms with Crippen LogP contribution in [0.25, 0.3) is 0 Å². The van der Waals surface area contributed by atoms with Gasteiger partial charge in [-0.1, -0.05) is 34.3 Å². The molecule has 0 fully saturated rings. The van der Waals surface area contributed by atoms with Crippen molar-refractivity contribution in [1.29, 1.82) is 0 Å². The summed E-state index contributed by atoms with van der Waals surface area (Å²) in [6.45, 7) is 13.9. The summed E-state index contributed by atoms with van der Waals surface area (Å²) >= 11 is 0. The molecule has 0 aromatic carbocycles. The molecule has 1 aliphatic heterocycles. The summed E-state index contributed by atoms with van der Waals surface area (Å²) in [5.41, 5.74) is 2.89. The first-order valence-electron chi connectivity index (χ1n) is 5.45. The fourth-order valence-corrected chi connectivity index (χ4v) is 1.88. The maximum atomic E-state index is 3.94. The molecule has 14 heavy (non-hydrogen) atoms. The van der Waals surface area contributed by atoms with Crippen molar-refractivity contribution < 1.29 is 0 Å². The summed E-state index contributed by atoms with van der Waals surface area (Å²) in [6, 6.07) is 0. The molecule has 2 heteroatoms. The van der Waals surface area contributed by atoms with Crippen LogP contribution < -0.4 is 10.6 Å². The quantitative estimate of drug-likeness (QED) is 0.706. The normalized spacial score (nSPS) is 18.3. The lowest BCUT2D eigenvalue weighted by atomic mass is 9.93. The average Bonchev–Trinajstić information content (AvgIpc) is 2.26. The SMILES string of the molecule is C=C1NCCC(C(C)C)=C(C(C)C)N1. The summed E-state index contributed by atoms with van der Waals surface area (Å²) < 4.78 is 0. The lowest BCUT2D eigenvalue weighted by molar-refractivity contribution is 0.637. The standard InChI is InChI=1S/C12H22N2/c1-8(2)11-6-7-13-10(5)14-12(11)9(3)4/h8-9,13-14H,5-7H2,1-4H3. The molecule has 0 aromatic rings. The molecule has 0 aliphatic carbocycles. The van der Waals surface area contributed by atoms with Crippen molar-refractivity contribution in [1.82, 2.24) is 10.6 Å². The molecular formula is C12H22N2. The van der Waals surface area contributed by atoms with Crippen LogP contribution in [0.5, 0.6) is 0 Å². The molecule has 0 aromatic heterocycles. The molecule has 0 saturated carbocycles. The molecule has 0 saturated heterocycles. The van der Waals surface area contributed by atoms with Crippen LogP contribution >= 0.6 is 0 Å². The van der Waals surface area contributed by atoms with Crippen LogP contribution in [0.1, 0.15) is 34.1 Å². The van der Waals surface area contributed by atoms with E-state index in [0.29, 0.717) is 11.8 Å². The van der Waals surface area contributed by atoms with Gasteiger partial charge in [0.25, 0.3) is 0 Å². The van der Waals surface area contributed by atoms with Gasteiger partial charge in [0, 0.05) is 12.2 Å². The number of nitrogens with one attached hydrogen (secondary N) is 2. The minimum atomic E-state index is 0.545. The Hall–Kier alpha value is -0.920. The Balaban J connectivity index is 2.97. The third-order valence-corrected chi connectivity index (χ3v) is 2.64. The van der Waals surface area contributed by atoms with Crippen LogP contribution in [0.3, 0.4) is 0 Å². The van der Waals surface area contributed by atoms with Gasteiger partial charge in [0.1, 0.15) is 0 Å². The van der Waals surface area contributed by atoms with Gasteiger partial charge in [0.2, 0.25) is 0 Å². The van der Waals surface area contributed by atoms with Gasteiger partial charge in [0.05, 0.1) is 5.82 Å². The topological polar surface area (TPSA) is 24.1 Å². The first-order valence-corrected chi connectivity index (χ1v) is 5.45. The molecule has 0 bridgehead atoms. The largest absolute Gasteiger partial charge is 0.372 e. The lowest BCUT2D eigenvalue weighted by Crippen LogP contribution is -2.24. The van der Waals surface area contributed by atoms with E-state index < -0.39 is 0 Å². The molecule has 2 nitrogen and oxygen atoms in total. The Morgan fingerprint density at radius 3 is 2.29 bits per heavy atom. The Kier molecular flexibility index (Phi) is 3.62. The number of hydrogen-bond acceptors (Lipinski definition) is 2. The number of rotatable bonds is 2. The highest BCUT2D eigenvalue weighted by molar-refractivity contribution is 5.22. The van der Waals surface area contributed by atoms with Crippen LogP contribution in [0.15, 0.2) is 23.7 Å². The zero-order valence-corrected chi connectivity index (χ0v) is 9.78. The van der Waals surface area contributed by atoms with Crippen molar-refractivity contribution in [3.8, 4) is 0 Å². The maximum Gasteiger partial charge on any atom is 0.0954 e. The molecule has 0 radical (unpaired) electrons. The Morgan fingerprint density at radius 1 is 1.14 bits per heavy atom. The Labute approximate surface area is 87.5 Å². The van der Waals surface area contributed by atoms with E-state index in [0.717, 1.165) is 18.8 Å². The molecule has 0 spiro atoms. The fraction of sp³-hybridized carbons (Fsp3) is 0.667. The third-order valence-electron chi connectivity index (χ3n) is 2.64. The zero-order chi connectivity index (χ0) is 10.7. The monoisotopic (exact) mass is 194 g/mol. The van der Waals surface area contributed by atoms with Crippen molar-refractivity contribution >= 4 is 0 Å². The van der Waals surface area contributed by atoms with Crippen LogP contribution in [0.4, 0.5) is 0 Å². The van der Waals surface area contributed by atoms with E-state index >= 15 is 0 Å². The van der Waals surface area contributed by atoms with Crippen molar-refractivity contribution in [3.05, 3.63) is 23.7 Å². The Morgan fingerprint density at radius 2 is 1.79 bits per heavy atom. The zero-order valence-electron chi connectivity index (χ0n) is 9.78. The molecule has 80 valence electrons. The summed E-state index contributed by atoms with van der Waals surface area (Å²) in [7, 11) is 0. The summed E-state index contributed by atoms with van der Waals surface area (Å²) in [5, 5.41) is 6.65. The van der Waals surface area contributed by atoms with Crippen molar-refractivity contribution in [2.24, 2.45) is 11.8 Å². The van der Waals surface area contributed by atoms with Crippen LogP contribution in [-0.4, -0.2) is 6.54 Å². The predicted molar refractivity (Wildman–Crippen MR) is 61.6 cm³/mol. The molecular weight excluding hydrogens is 172 g/mol. The van der Waals surface area contributed by atoms with Crippen molar-refractivity contribution in [2.75, 3.05) is 6.54 Å². The second-order valence-corrected chi connectivity index (χ2v) is 4.53. The maximum absolute atomic E-state index is 3.94. The third kappa shape index (κ3) is 2.53. The fourth-order valence-electron chi connectivity index (χ4n) is 1.88. The van der Waals surface area contributed by atoms with Gasteiger partial charge in [-0.05, 0) is 23.8 Å². The van der Waals surface area contributed by atoms with Gasteiger partial charge < -0.3 is 10.6 Å². The highest BCUT2D eigenvalue weighted by Gasteiger charge is 2.16. The molecule has 1 rings (SSSR count). The number of allylic oxidation sites excluding steroid dienone is 1. The smallest absolute Gasteiger partial charge is 0.0954 e. The predicted octanol–water partition coefficient (Wildman–Crippen LogP) is 2.61. The van der Waals surface area contributed by atoms with E-state index in [-0.39, 0.29) is 0 Å². The van der Waals surface area contributed by atoms with Gasteiger partial charge in [-0.15, -0.1) is 0 Å². The van der Waals surface area contributed by atoms with Crippen molar-refractivity contribution in [2.45, 2.75) is 34.1 Å². The number of hydrogen-bond donors (Lipinski definition) is 2. The average molecular weight is 194 g/mol. The van der Waals surface area contributed by atoms with Crippen molar-refractivity contribution in [3.63, 3.8) is 0 Å². The Bertz CT molecular complexity index is 249. The minimum absolute atomic E-state index is 0.545. The summed E-state index contributed by atoms with van der Waals surface area (Å²) in [6.07, 6.45) is 1.12. The first kappa shape index (κ1) is 11.2. The van der Waals surface area contributed by atoms with E-state index in [2.05, 4.69) is 44.9 Å². The van der Waals surface area contributed by atoms with Crippen LogP contribution in [-0.2, 0) is 0 Å². The van der Waals surface area contributed by atoms with E-state index in [9.17, 15) is 0 Å². The molecule has 0 unspecified atom stereocenters. The first-order chi connectivity index (χ1) is 6.52. The van der Waals surface area contributed by atoms with Gasteiger partial charge in [-0.25, -0.2) is 0 Å². The van der Waals surface area contributed by atoms with Crippen LogP contribution in [0, 0.1) is 11.8 Å². The highest BCUT2D eigenvalue weighted by atomic mass is 15.1. The van der Waals surface area contributed by atoms with E-state index in [4.69, 9.17) is 0 Å². The van der Waals surface area contributed by atoms with Gasteiger partial charge in [-0.3, -0.25) is 0 Å². The summed E-state index contributed by atoms with van der Waals surface area (Å²) in [4.78, 5) is 0. The summed E-state index contributed by atoms with van der Waals surface area (Å²) in [5.74, 6) is 2.10. The second-order valence-electron chi connectivity index (χ2n) is 4.53. The highest BCUT2D eigenvalue weighted by Crippen LogP contribution is 2.24. The lowest BCUT2D eigenvalue weighted by Gasteiger charge is -2.19. The second kappa shape index (κ2) is 4.54. The van der Waals surface area contributed by atoms with E-state index in [1.165, 1.54) is 11.3 Å². The molecule has 1 aliphatic rings. The van der Waals surface area contributed by atoms with E-state index in [1.807, 2.05) is 0 Å². The van der Waals surface area contributed by atoms with Crippen LogP contribution in [0.2, 0.25) is 0 Å². The molecule has 0 atom stereocenters. The molecule has 1 heterocycles.